The molecule has 1 N–H and O–H groups in total. The number of aromatic nitrogens is 6. The maximum Gasteiger partial charge on any atom is 0.141 e. The van der Waals surface area contributed by atoms with Gasteiger partial charge in [-0.25, -0.2) is 23.1 Å². The van der Waals surface area contributed by atoms with E-state index in [9.17, 15) is 13.9 Å². The smallest absolute Gasteiger partial charge is 0.141 e. The minimum Gasteiger partial charge on any atom is -0.382 e. The number of halogens is 2. The van der Waals surface area contributed by atoms with Crippen molar-refractivity contribution < 1.29 is 18.6 Å². The molecular formula is C23H24F2N6O2. The van der Waals surface area contributed by atoms with E-state index >= 15 is 0 Å². The molecule has 0 aliphatic rings. The van der Waals surface area contributed by atoms with Crippen LogP contribution in [-0.2, 0) is 23.6 Å². The summed E-state index contributed by atoms with van der Waals surface area (Å²) in [6.45, 7) is 4.39. The molecule has 2 unspecified atom stereocenters. The van der Waals surface area contributed by atoms with Gasteiger partial charge in [-0.3, -0.25) is 0 Å². The van der Waals surface area contributed by atoms with Gasteiger partial charge in [0, 0.05) is 29.7 Å². The van der Waals surface area contributed by atoms with E-state index in [1.807, 2.05) is 31.2 Å². The summed E-state index contributed by atoms with van der Waals surface area (Å²) in [6, 6.07) is 10.6. The average molecular weight is 454 g/mol. The maximum absolute atomic E-state index is 14.8. The number of rotatable bonds is 9. The Hall–Kier alpha value is -3.50. The van der Waals surface area contributed by atoms with Gasteiger partial charge in [0.1, 0.15) is 36.6 Å². The van der Waals surface area contributed by atoms with Crippen molar-refractivity contribution in [2.75, 3.05) is 6.61 Å². The number of nitrogens with zero attached hydrogens (tertiary/aromatic N) is 6. The second-order valence-electron chi connectivity index (χ2n) is 7.73. The predicted molar refractivity (Wildman–Crippen MR) is 116 cm³/mol. The van der Waals surface area contributed by atoms with Crippen LogP contribution in [0.2, 0.25) is 0 Å². The van der Waals surface area contributed by atoms with Crippen LogP contribution >= 0.6 is 0 Å². The standard InChI is InChI=1S/C23H24F2N6O2/c1-3-33-15-31-22(11-27-29-31)18-6-4-5-17(9-18)16(2)23(32,12-30-14-26-13-28-30)20-8-7-19(24)10-21(20)25/h4-11,13-14,16,32H,3,12,15H2,1-2H3. The first-order chi connectivity index (χ1) is 15.9. The van der Waals surface area contributed by atoms with Crippen molar-refractivity contribution in [3.05, 3.63) is 84.1 Å². The molecule has 2 aromatic carbocycles. The Morgan fingerprint density at radius 1 is 1.18 bits per heavy atom. The summed E-state index contributed by atoms with van der Waals surface area (Å²) in [5, 5.41) is 23.9. The number of aliphatic hydroxyl groups is 1. The summed E-state index contributed by atoms with van der Waals surface area (Å²) in [7, 11) is 0. The molecule has 4 rings (SSSR count). The van der Waals surface area contributed by atoms with Gasteiger partial charge < -0.3 is 9.84 Å². The molecule has 0 saturated carbocycles. The zero-order valence-corrected chi connectivity index (χ0v) is 18.3. The molecule has 0 aliphatic carbocycles. The van der Waals surface area contributed by atoms with Crippen molar-refractivity contribution in [3.63, 3.8) is 0 Å². The molecule has 4 aromatic rings. The largest absolute Gasteiger partial charge is 0.382 e. The molecule has 172 valence electrons. The van der Waals surface area contributed by atoms with Gasteiger partial charge in [-0.1, -0.05) is 36.4 Å². The minimum atomic E-state index is -1.74. The Morgan fingerprint density at radius 2 is 2.03 bits per heavy atom. The molecule has 0 radical (unpaired) electrons. The number of hydrogen-bond donors (Lipinski definition) is 1. The molecule has 2 heterocycles. The Balaban J connectivity index is 1.75. The molecule has 0 fully saturated rings. The third-order valence-electron chi connectivity index (χ3n) is 5.70. The zero-order chi connectivity index (χ0) is 23.4. The lowest BCUT2D eigenvalue weighted by Gasteiger charge is -2.35. The lowest BCUT2D eigenvalue weighted by atomic mass is 9.77. The van der Waals surface area contributed by atoms with Gasteiger partial charge in [0.05, 0.1) is 18.4 Å². The van der Waals surface area contributed by atoms with E-state index < -0.39 is 23.2 Å². The summed E-state index contributed by atoms with van der Waals surface area (Å²) in [5.41, 5.74) is 0.522. The highest BCUT2D eigenvalue weighted by atomic mass is 19.1. The summed E-state index contributed by atoms with van der Waals surface area (Å²) < 4.78 is 36.9. The van der Waals surface area contributed by atoms with E-state index in [2.05, 4.69) is 20.4 Å². The molecule has 33 heavy (non-hydrogen) atoms. The third-order valence-corrected chi connectivity index (χ3v) is 5.70. The van der Waals surface area contributed by atoms with Gasteiger partial charge in [0.2, 0.25) is 0 Å². The molecular weight excluding hydrogens is 430 g/mol. The number of hydrogen-bond acceptors (Lipinski definition) is 6. The molecule has 0 saturated heterocycles. The van der Waals surface area contributed by atoms with Crippen molar-refractivity contribution in [2.24, 2.45) is 0 Å². The van der Waals surface area contributed by atoms with Gasteiger partial charge in [-0.2, -0.15) is 5.10 Å². The highest BCUT2D eigenvalue weighted by molar-refractivity contribution is 5.59. The van der Waals surface area contributed by atoms with Crippen molar-refractivity contribution in [2.45, 2.75) is 38.6 Å². The summed E-state index contributed by atoms with van der Waals surface area (Å²) in [4.78, 5) is 3.91. The van der Waals surface area contributed by atoms with Gasteiger partial charge in [-0.05, 0) is 24.6 Å². The second-order valence-corrected chi connectivity index (χ2v) is 7.73. The van der Waals surface area contributed by atoms with E-state index in [0.29, 0.717) is 6.61 Å². The van der Waals surface area contributed by atoms with Crippen LogP contribution in [0.1, 0.15) is 30.9 Å². The van der Waals surface area contributed by atoms with Crippen LogP contribution in [0.5, 0.6) is 0 Å². The molecule has 2 aromatic heterocycles. The summed E-state index contributed by atoms with van der Waals surface area (Å²) in [5.74, 6) is -2.15. The highest BCUT2D eigenvalue weighted by Gasteiger charge is 2.40. The Morgan fingerprint density at radius 3 is 2.76 bits per heavy atom. The fraction of sp³-hybridized carbons (Fsp3) is 0.304. The SMILES string of the molecule is CCOCn1nncc1-c1cccc(C(C)C(O)(Cn2cncn2)c2ccc(F)cc2F)c1. The van der Waals surface area contributed by atoms with Gasteiger partial charge in [-0.15, -0.1) is 5.10 Å². The molecule has 0 bridgehead atoms. The molecule has 8 nitrogen and oxygen atoms in total. The molecule has 10 heteroatoms. The normalized spacial score (nSPS) is 14.2. The Kier molecular flexibility index (Phi) is 6.57. The van der Waals surface area contributed by atoms with Crippen molar-refractivity contribution in [1.82, 2.24) is 29.8 Å². The maximum atomic E-state index is 14.8. The molecule has 0 amide bonds. The van der Waals surface area contributed by atoms with Crippen LogP contribution in [0.15, 0.2) is 61.3 Å². The van der Waals surface area contributed by atoms with E-state index in [1.165, 1.54) is 23.4 Å². The number of benzene rings is 2. The van der Waals surface area contributed by atoms with Crippen molar-refractivity contribution >= 4 is 0 Å². The van der Waals surface area contributed by atoms with Crippen LogP contribution in [0.4, 0.5) is 8.78 Å². The van der Waals surface area contributed by atoms with Gasteiger partial charge >= 0.3 is 0 Å². The van der Waals surface area contributed by atoms with E-state index in [4.69, 9.17) is 4.74 Å². The summed E-state index contributed by atoms with van der Waals surface area (Å²) in [6.07, 6.45) is 4.40. The van der Waals surface area contributed by atoms with E-state index in [0.717, 1.165) is 29.0 Å². The molecule has 2 atom stereocenters. The lowest BCUT2D eigenvalue weighted by Crippen LogP contribution is -2.38. The third kappa shape index (κ3) is 4.67. The van der Waals surface area contributed by atoms with Gasteiger partial charge in [0.25, 0.3) is 0 Å². The fourth-order valence-electron chi connectivity index (χ4n) is 3.85. The highest BCUT2D eigenvalue weighted by Crippen LogP contribution is 2.40. The Bertz CT molecular complexity index is 1210. The quantitative estimate of drug-likeness (QED) is 0.416. The van der Waals surface area contributed by atoms with Crippen LogP contribution in [0.3, 0.4) is 0 Å². The Labute approximate surface area is 189 Å². The topological polar surface area (TPSA) is 90.9 Å². The van der Waals surface area contributed by atoms with Gasteiger partial charge in [0.15, 0.2) is 0 Å². The van der Waals surface area contributed by atoms with Crippen LogP contribution in [-0.4, -0.2) is 41.5 Å². The van der Waals surface area contributed by atoms with Crippen LogP contribution < -0.4 is 0 Å². The fourth-order valence-corrected chi connectivity index (χ4v) is 3.85. The average Bonchev–Trinajstić information content (AvgIpc) is 3.49. The first-order valence-corrected chi connectivity index (χ1v) is 10.5. The first kappa shape index (κ1) is 22.7. The number of ether oxygens (including phenoxy) is 1. The van der Waals surface area contributed by atoms with Crippen LogP contribution in [0, 0.1) is 11.6 Å². The molecule has 0 spiro atoms. The van der Waals surface area contributed by atoms with Crippen LogP contribution in [0.25, 0.3) is 11.3 Å². The first-order valence-electron chi connectivity index (χ1n) is 10.5. The zero-order valence-electron chi connectivity index (χ0n) is 18.3. The van der Waals surface area contributed by atoms with E-state index in [-0.39, 0.29) is 18.8 Å². The van der Waals surface area contributed by atoms with Crippen molar-refractivity contribution in [1.29, 1.82) is 0 Å². The molecule has 0 aliphatic heterocycles. The summed E-state index contributed by atoms with van der Waals surface area (Å²) >= 11 is 0. The monoisotopic (exact) mass is 454 g/mol. The minimum absolute atomic E-state index is 0.0274. The lowest BCUT2D eigenvalue weighted by molar-refractivity contribution is -0.0112. The second kappa shape index (κ2) is 9.55. The van der Waals surface area contributed by atoms with Crippen molar-refractivity contribution in [3.8, 4) is 11.3 Å². The van der Waals surface area contributed by atoms with E-state index in [1.54, 1.807) is 17.8 Å². The predicted octanol–water partition coefficient (Wildman–Crippen LogP) is 3.50.